The third-order valence-corrected chi connectivity index (χ3v) is 4.19. The Morgan fingerprint density at radius 3 is 2.46 bits per heavy atom. The summed E-state index contributed by atoms with van der Waals surface area (Å²) in [5.41, 5.74) is 2.81. The summed E-state index contributed by atoms with van der Waals surface area (Å²) in [7, 11) is 0. The molecule has 0 fully saturated rings. The Morgan fingerprint density at radius 1 is 0.962 bits per heavy atom. The van der Waals surface area contributed by atoms with Crippen molar-refractivity contribution >= 4 is 46.2 Å². The van der Waals surface area contributed by atoms with Gasteiger partial charge in [0.05, 0.1) is 33.6 Å². The van der Waals surface area contributed by atoms with Gasteiger partial charge in [-0.1, -0.05) is 29.3 Å². The number of carbonyl (C=O) groups excluding carboxylic acids is 1. The van der Waals surface area contributed by atoms with Gasteiger partial charge in [-0.15, -0.1) is 0 Å². The zero-order valence-electron chi connectivity index (χ0n) is 13.3. The molecule has 0 aliphatic heterocycles. The maximum atomic E-state index is 12.3. The van der Waals surface area contributed by atoms with E-state index in [-0.39, 0.29) is 11.6 Å². The van der Waals surface area contributed by atoms with Crippen LogP contribution in [0.2, 0.25) is 10.0 Å². The van der Waals surface area contributed by atoms with Crippen molar-refractivity contribution in [3.8, 4) is 6.07 Å². The molecular formula is C19H12Cl2N4O. The molecule has 0 aliphatic carbocycles. The van der Waals surface area contributed by atoms with E-state index >= 15 is 0 Å². The molecule has 0 atom stereocenters. The lowest BCUT2D eigenvalue weighted by molar-refractivity contribution is 0.102. The van der Waals surface area contributed by atoms with Gasteiger partial charge in [0.25, 0.3) is 5.91 Å². The average Bonchev–Trinajstić information content (AvgIpc) is 2.65. The van der Waals surface area contributed by atoms with Crippen molar-refractivity contribution in [3.05, 3.63) is 82.1 Å². The van der Waals surface area contributed by atoms with Gasteiger partial charge in [-0.25, -0.2) is 4.98 Å². The van der Waals surface area contributed by atoms with Crippen molar-refractivity contribution < 1.29 is 4.79 Å². The fraction of sp³-hybridized carbons (Fsp3) is 0. The molecule has 0 aliphatic rings. The zero-order chi connectivity index (χ0) is 18.5. The molecule has 3 aromatic rings. The third-order valence-electron chi connectivity index (χ3n) is 3.45. The smallest absolute Gasteiger partial charge is 0.274 e. The van der Waals surface area contributed by atoms with Crippen LogP contribution in [0.15, 0.2) is 60.8 Å². The van der Waals surface area contributed by atoms with E-state index in [0.717, 1.165) is 5.69 Å². The summed E-state index contributed by atoms with van der Waals surface area (Å²) in [5.74, 6) is -0.360. The van der Waals surface area contributed by atoms with E-state index in [0.29, 0.717) is 27.0 Å². The van der Waals surface area contributed by atoms with E-state index in [1.165, 1.54) is 0 Å². The van der Waals surface area contributed by atoms with Crippen molar-refractivity contribution in [2.75, 3.05) is 10.6 Å². The Hall–Kier alpha value is -3.07. The highest BCUT2D eigenvalue weighted by Crippen LogP contribution is 2.25. The maximum absolute atomic E-state index is 12.3. The summed E-state index contributed by atoms with van der Waals surface area (Å²) in [6, 6.07) is 17.3. The maximum Gasteiger partial charge on any atom is 0.274 e. The molecule has 2 N–H and O–H groups in total. The minimum absolute atomic E-state index is 0.257. The number of anilines is 3. The number of hydrogen-bond acceptors (Lipinski definition) is 4. The molecule has 26 heavy (non-hydrogen) atoms. The molecule has 0 saturated carbocycles. The van der Waals surface area contributed by atoms with Crippen LogP contribution < -0.4 is 10.6 Å². The van der Waals surface area contributed by atoms with Gasteiger partial charge in [0.15, 0.2) is 0 Å². The molecule has 1 amide bonds. The van der Waals surface area contributed by atoms with E-state index in [4.69, 9.17) is 28.5 Å². The lowest BCUT2D eigenvalue weighted by Crippen LogP contribution is -2.13. The highest BCUT2D eigenvalue weighted by molar-refractivity contribution is 6.42. The van der Waals surface area contributed by atoms with Crippen molar-refractivity contribution in [1.82, 2.24) is 4.98 Å². The quantitative estimate of drug-likeness (QED) is 0.645. The van der Waals surface area contributed by atoms with Crippen LogP contribution in [0.5, 0.6) is 0 Å². The lowest BCUT2D eigenvalue weighted by atomic mass is 10.2. The highest BCUT2D eigenvalue weighted by Gasteiger charge is 2.09. The Labute approximate surface area is 160 Å². The molecule has 2 aromatic carbocycles. The molecule has 1 heterocycles. The SMILES string of the molecule is N#Cc1cccc(Nc2ccc(C(=O)Nc3ccc(Cl)c(Cl)c3)nc2)c1. The molecule has 0 bridgehead atoms. The third kappa shape index (κ3) is 4.31. The highest BCUT2D eigenvalue weighted by atomic mass is 35.5. The number of nitrogens with one attached hydrogen (secondary N) is 2. The molecule has 0 saturated heterocycles. The standard InChI is InChI=1S/C19H12Cl2N4O/c20-16-6-4-14(9-17(16)21)25-19(26)18-7-5-15(11-23-18)24-13-3-1-2-12(8-13)10-22/h1-9,11,24H,(H,25,26). The molecule has 1 aromatic heterocycles. The first-order valence-corrected chi connectivity index (χ1v) is 8.30. The van der Waals surface area contributed by atoms with Crippen LogP contribution in [0.25, 0.3) is 0 Å². The summed E-state index contributed by atoms with van der Waals surface area (Å²) in [5, 5.41) is 15.5. The number of pyridine rings is 1. The molecule has 0 unspecified atom stereocenters. The number of benzene rings is 2. The van der Waals surface area contributed by atoms with Gasteiger partial charge in [0, 0.05) is 11.4 Å². The molecule has 7 heteroatoms. The first-order valence-electron chi connectivity index (χ1n) is 7.55. The fourth-order valence-electron chi connectivity index (χ4n) is 2.20. The second-order valence-corrected chi connectivity index (χ2v) is 6.15. The van der Waals surface area contributed by atoms with E-state index in [1.807, 2.05) is 6.07 Å². The van der Waals surface area contributed by atoms with Gasteiger partial charge < -0.3 is 10.6 Å². The molecule has 0 spiro atoms. The summed E-state index contributed by atoms with van der Waals surface area (Å²) in [6.07, 6.45) is 1.54. The number of rotatable bonds is 4. The Kier molecular flexibility index (Phi) is 5.37. The van der Waals surface area contributed by atoms with Crippen LogP contribution in [-0.4, -0.2) is 10.9 Å². The summed E-state index contributed by atoms with van der Waals surface area (Å²) < 4.78 is 0. The van der Waals surface area contributed by atoms with E-state index in [1.54, 1.807) is 54.7 Å². The molecular weight excluding hydrogens is 371 g/mol. The largest absolute Gasteiger partial charge is 0.354 e. The van der Waals surface area contributed by atoms with Crippen LogP contribution in [-0.2, 0) is 0 Å². The number of carbonyl (C=O) groups is 1. The second-order valence-electron chi connectivity index (χ2n) is 5.33. The molecule has 3 rings (SSSR count). The summed E-state index contributed by atoms with van der Waals surface area (Å²) in [6.45, 7) is 0. The number of halogens is 2. The van der Waals surface area contributed by atoms with Gasteiger partial charge in [-0.3, -0.25) is 4.79 Å². The second kappa shape index (κ2) is 7.87. The van der Waals surface area contributed by atoms with Gasteiger partial charge in [0.1, 0.15) is 5.69 Å². The van der Waals surface area contributed by atoms with Crippen molar-refractivity contribution in [1.29, 1.82) is 5.26 Å². The zero-order valence-corrected chi connectivity index (χ0v) is 14.8. The Balaban J connectivity index is 1.69. The number of nitrogens with zero attached hydrogens (tertiary/aromatic N) is 2. The molecule has 0 radical (unpaired) electrons. The predicted molar refractivity (Wildman–Crippen MR) is 103 cm³/mol. The average molecular weight is 383 g/mol. The summed E-state index contributed by atoms with van der Waals surface area (Å²) >= 11 is 11.8. The fourth-order valence-corrected chi connectivity index (χ4v) is 2.50. The van der Waals surface area contributed by atoms with Crippen molar-refractivity contribution in [2.24, 2.45) is 0 Å². The van der Waals surface area contributed by atoms with E-state index < -0.39 is 0 Å². The van der Waals surface area contributed by atoms with E-state index in [9.17, 15) is 4.79 Å². The predicted octanol–water partition coefficient (Wildman–Crippen LogP) is 5.26. The van der Waals surface area contributed by atoms with Gasteiger partial charge in [0.2, 0.25) is 0 Å². The number of amides is 1. The lowest BCUT2D eigenvalue weighted by Gasteiger charge is -2.08. The number of hydrogen-bond donors (Lipinski definition) is 2. The van der Waals surface area contributed by atoms with Crippen molar-refractivity contribution in [2.45, 2.75) is 0 Å². The van der Waals surface area contributed by atoms with Gasteiger partial charge >= 0.3 is 0 Å². The Morgan fingerprint density at radius 2 is 1.77 bits per heavy atom. The summed E-state index contributed by atoms with van der Waals surface area (Å²) in [4.78, 5) is 16.4. The molecule has 128 valence electrons. The van der Waals surface area contributed by atoms with Crippen LogP contribution in [0.4, 0.5) is 17.1 Å². The normalized spacial score (nSPS) is 10.0. The monoisotopic (exact) mass is 382 g/mol. The number of nitriles is 1. The van der Waals surface area contributed by atoms with Gasteiger partial charge in [-0.2, -0.15) is 5.26 Å². The first-order chi connectivity index (χ1) is 12.5. The first kappa shape index (κ1) is 17.7. The van der Waals surface area contributed by atoms with Crippen LogP contribution in [0, 0.1) is 11.3 Å². The Bertz CT molecular complexity index is 997. The van der Waals surface area contributed by atoms with Crippen LogP contribution >= 0.6 is 23.2 Å². The minimum Gasteiger partial charge on any atom is -0.354 e. The minimum atomic E-state index is -0.360. The van der Waals surface area contributed by atoms with Crippen molar-refractivity contribution in [3.63, 3.8) is 0 Å². The van der Waals surface area contributed by atoms with Crippen LogP contribution in [0.1, 0.15) is 16.1 Å². The topological polar surface area (TPSA) is 77.8 Å². The van der Waals surface area contributed by atoms with E-state index in [2.05, 4.69) is 21.7 Å². The molecule has 5 nitrogen and oxygen atoms in total. The van der Waals surface area contributed by atoms with Crippen LogP contribution in [0.3, 0.4) is 0 Å². The van der Waals surface area contributed by atoms with Gasteiger partial charge in [-0.05, 0) is 48.5 Å². The number of aromatic nitrogens is 1.